The van der Waals surface area contributed by atoms with Crippen molar-refractivity contribution in [2.75, 3.05) is 18.5 Å². The number of nitriles is 1. The number of halogens is 2. The Hall–Kier alpha value is -1.74. The van der Waals surface area contributed by atoms with Gasteiger partial charge in [0.2, 0.25) is 0 Å². The number of aromatic nitrogens is 1. The van der Waals surface area contributed by atoms with Crippen LogP contribution >= 0.6 is 0 Å². The molecule has 0 unspecified atom stereocenters. The molecule has 0 fully saturated rings. The van der Waals surface area contributed by atoms with Crippen LogP contribution in [0.2, 0.25) is 0 Å². The Morgan fingerprint density at radius 3 is 2.81 bits per heavy atom. The minimum absolute atomic E-state index is 0.199. The molecule has 16 heavy (non-hydrogen) atoms. The van der Waals surface area contributed by atoms with E-state index in [-0.39, 0.29) is 5.82 Å². The number of anilines is 1. The molecular weight excluding hydrogens is 216 g/mol. The fourth-order valence-electron chi connectivity index (χ4n) is 1.10. The zero-order valence-electron chi connectivity index (χ0n) is 8.67. The predicted octanol–water partition coefficient (Wildman–Crippen LogP) is 1.30. The van der Waals surface area contributed by atoms with E-state index in [1.54, 1.807) is 13.0 Å². The highest BCUT2D eigenvalue weighted by Gasteiger charge is 2.27. The first-order chi connectivity index (χ1) is 7.46. The highest BCUT2D eigenvalue weighted by molar-refractivity contribution is 5.44. The molecule has 1 heterocycles. The molecule has 0 bridgehead atoms. The maximum absolute atomic E-state index is 12.7. The molecule has 0 aliphatic carbocycles. The van der Waals surface area contributed by atoms with Crippen molar-refractivity contribution in [3.63, 3.8) is 0 Å². The smallest absolute Gasteiger partial charge is 0.287 e. The average Bonchev–Trinajstić information content (AvgIpc) is 2.26. The van der Waals surface area contributed by atoms with Crippen LogP contribution in [0, 0.1) is 18.3 Å². The number of aliphatic hydroxyl groups excluding tert-OH is 1. The first kappa shape index (κ1) is 12.3. The van der Waals surface area contributed by atoms with Crippen LogP contribution in [0.3, 0.4) is 0 Å². The molecule has 86 valence electrons. The van der Waals surface area contributed by atoms with E-state index in [9.17, 15) is 8.78 Å². The standard InChI is InChI=1S/C10H11F2N3O/c1-7-2-8(4-13)3-9(15-7)14-5-10(11,12)6-16/h2-3,16H,5-6H2,1H3,(H,14,15). The Morgan fingerprint density at radius 1 is 1.56 bits per heavy atom. The fourth-order valence-corrected chi connectivity index (χ4v) is 1.10. The number of pyridine rings is 1. The predicted molar refractivity (Wildman–Crippen MR) is 54.2 cm³/mol. The van der Waals surface area contributed by atoms with Gasteiger partial charge in [-0.3, -0.25) is 0 Å². The van der Waals surface area contributed by atoms with Gasteiger partial charge < -0.3 is 10.4 Å². The lowest BCUT2D eigenvalue weighted by molar-refractivity contribution is -0.0373. The molecule has 1 aromatic rings. The summed E-state index contributed by atoms with van der Waals surface area (Å²) in [5.41, 5.74) is 0.913. The van der Waals surface area contributed by atoms with Gasteiger partial charge in [0.1, 0.15) is 12.4 Å². The molecule has 6 heteroatoms. The number of nitrogens with one attached hydrogen (secondary N) is 1. The third-order valence-electron chi connectivity index (χ3n) is 1.84. The zero-order chi connectivity index (χ0) is 12.2. The Bertz CT molecular complexity index is 415. The zero-order valence-corrected chi connectivity index (χ0v) is 8.67. The summed E-state index contributed by atoms with van der Waals surface area (Å²) in [6.07, 6.45) is 0. The van der Waals surface area contributed by atoms with Crippen molar-refractivity contribution >= 4 is 5.82 Å². The number of aryl methyl sites for hydroxylation is 1. The van der Waals surface area contributed by atoms with Crippen LogP contribution in [-0.2, 0) is 0 Å². The number of rotatable bonds is 4. The average molecular weight is 227 g/mol. The molecule has 0 saturated carbocycles. The summed E-state index contributed by atoms with van der Waals surface area (Å²) in [6, 6.07) is 4.83. The van der Waals surface area contributed by atoms with Crippen LogP contribution in [0.5, 0.6) is 0 Å². The van der Waals surface area contributed by atoms with Gasteiger partial charge in [-0.2, -0.15) is 5.26 Å². The van der Waals surface area contributed by atoms with E-state index in [1.807, 2.05) is 6.07 Å². The van der Waals surface area contributed by atoms with E-state index < -0.39 is 19.1 Å². The summed E-state index contributed by atoms with van der Waals surface area (Å²) in [4.78, 5) is 3.94. The molecule has 0 aliphatic rings. The van der Waals surface area contributed by atoms with Gasteiger partial charge >= 0.3 is 0 Å². The van der Waals surface area contributed by atoms with Crippen LogP contribution in [0.1, 0.15) is 11.3 Å². The van der Waals surface area contributed by atoms with Crippen molar-refractivity contribution in [1.29, 1.82) is 5.26 Å². The number of hydrogen-bond acceptors (Lipinski definition) is 4. The monoisotopic (exact) mass is 227 g/mol. The summed E-state index contributed by atoms with van der Waals surface area (Å²) in [5.74, 6) is -3.00. The molecule has 0 atom stereocenters. The van der Waals surface area contributed by atoms with E-state index in [1.165, 1.54) is 6.07 Å². The van der Waals surface area contributed by atoms with Crippen molar-refractivity contribution in [3.8, 4) is 6.07 Å². The van der Waals surface area contributed by atoms with E-state index in [0.29, 0.717) is 11.3 Å². The molecule has 0 amide bonds. The SMILES string of the molecule is Cc1cc(C#N)cc(NCC(F)(F)CO)n1. The number of alkyl halides is 2. The fraction of sp³-hybridized carbons (Fsp3) is 0.400. The maximum Gasteiger partial charge on any atom is 0.287 e. The van der Waals surface area contributed by atoms with Crippen LogP contribution < -0.4 is 5.32 Å². The summed E-state index contributed by atoms with van der Waals surface area (Å²) in [5, 5.41) is 19.4. The van der Waals surface area contributed by atoms with Crippen molar-refractivity contribution in [2.45, 2.75) is 12.8 Å². The van der Waals surface area contributed by atoms with Crippen LogP contribution in [0.15, 0.2) is 12.1 Å². The third-order valence-corrected chi connectivity index (χ3v) is 1.84. The largest absolute Gasteiger partial charge is 0.390 e. The quantitative estimate of drug-likeness (QED) is 0.813. The van der Waals surface area contributed by atoms with Gasteiger partial charge in [-0.15, -0.1) is 0 Å². The van der Waals surface area contributed by atoms with Gasteiger partial charge in [0.15, 0.2) is 0 Å². The first-order valence-corrected chi connectivity index (χ1v) is 4.58. The van der Waals surface area contributed by atoms with E-state index in [4.69, 9.17) is 10.4 Å². The second kappa shape index (κ2) is 4.86. The van der Waals surface area contributed by atoms with Gasteiger partial charge in [-0.25, -0.2) is 13.8 Å². The van der Waals surface area contributed by atoms with Gasteiger partial charge in [-0.05, 0) is 19.1 Å². The molecule has 1 rings (SSSR count). The van der Waals surface area contributed by atoms with E-state index in [2.05, 4.69) is 10.3 Å². The number of nitrogens with zero attached hydrogens (tertiary/aromatic N) is 2. The van der Waals surface area contributed by atoms with Gasteiger partial charge in [0.05, 0.1) is 18.2 Å². The lowest BCUT2D eigenvalue weighted by Gasteiger charge is -2.14. The number of aliphatic hydroxyl groups is 1. The van der Waals surface area contributed by atoms with Crippen LogP contribution in [-0.4, -0.2) is 29.2 Å². The summed E-state index contributed by atoms with van der Waals surface area (Å²) in [6.45, 7) is -0.280. The summed E-state index contributed by atoms with van der Waals surface area (Å²) in [7, 11) is 0. The molecule has 2 N–H and O–H groups in total. The number of hydrogen-bond donors (Lipinski definition) is 2. The summed E-state index contributed by atoms with van der Waals surface area (Å²) < 4.78 is 25.4. The lowest BCUT2D eigenvalue weighted by Crippen LogP contribution is -2.31. The Balaban J connectivity index is 2.75. The Labute approximate surface area is 91.5 Å². The highest BCUT2D eigenvalue weighted by atomic mass is 19.3. The van der Waals surface area contributed by atoms with Gasteiger partial charge in [0.25, 0.3) is 5.92 Å². The van der Waals surface area contributed by atoms with Crippen molar-refractivity contribution in [3.05, 3.63) is 23.4 Å². The molecule has 4 nitrogen and oxygen atoms in total. The minimum atomic E-state index is -3.20. The Kier molecular flexibility index (Phi) is 3.74. The molecule has 1 aromatic heterocycles. The Morgan fingerprint density at radius 2 is 2.25 bits per heavy atom. The normalized spacial score (nSPS) is 10.9. The first-order valence-electron chi connectivity index (χ1n) is 4.58. The van der Waals surface area contributed by atoms with Gasteiger partial charge in [0, 0.05) is 5.69 Å². The van der Waals surface area contributed by atoms with E-state index in [0.717, 1.165) is 0 Å². The van der Waals surface area contributed by atoms with Crippen LogP contribution in [0.25, 0.3) is 0 Å². The minimum Gasteiger partial charge on any atom is -0.390 e. The van der Waals surface area contributed by atoms with Crippen molar-refractivity contribution in [1.82, 2.24) is 4.98 Å². The maximum atomic E-state index is 12.7. The third kappa shape index (κ3) is 3.44. The second-order valence-electron chi connectivity index (χ2n) is 3.36. The topological polar surface area (TPSA) is 68.9 Å². The molecule has 0 aromatic carbocycles. The molecule has 0 saturated heterocycles. The molecule has 0 radical (unpaired) electrons. The second-order valence-corrected chi connectivity index (χ2v) is 3.36. The van der Waals surface area contributed by atoms with E-state index >= 15 is 0 Å². The van der Waals surface area contributed by atoms with Crippen molar-refractivity contribution < 1.29 is 13.9 Å². The highest BCUT2D eigenvalue weighted by Crippen LogP contribution is 2.14. The van der Waals surface area contributed by atoms with Gasteiger partial charge in [-0.1, -0.05) is 0 Å². The lowest BCUT2D eigenvalue weighted by atomic mass is 10.2. The van der Waals surface area contributed by atoms with Crippen molar-refractivity contribution in [2.24, 2.45) is 0 Å². The molecule has 0 aliphatic heterocycles. The van der Waals surface area contributed by atoms with Crippen LogP contribution in [0.4, 0.5) is 14.6 Å². The molecule has 0 spiro atoms. The molecular formula is C10H11F2N3O. The summed E-state index contributed by atoms with van der Waals surface area (Å²) >= 11 is 0.